The van der Waals surface area contributed by atoms with Gasteiger partial charge in [0.05, 0.1) is 17.4 Å². The van der Waals surface area contributed by atoms with Gasteiger partial charge >= 0.3 is 0 Å². The first-order chi connectivity index (χ1) is 9.73. The maximum absolute atomic E-state index is 12.4. The number of rotatable bonds is 5. The Labute approximate surface area is 132 Å². The van der Waals surface area contributed by atoms with Gasteiger partial charge in [0.1, 0.15) is 0 Å². The zero-order valence-corrected chi connectivity index (χ0v) is 14.3. The number of benzene rings is 1. The minimum absolute atomic E-state index is 0.0900. The topological polar surface area (TPSA) is 44.1 Å². The third-order valence-corrected chi connectivity index (χ3v) is 4.27. The van der Waals surface area contributed by atoms with Gasteiger partial charge in [0.15, 0.2) is 0 Å². The van der Waals surface area contributed by atoms with E-state index in [1.807, 2.05) is 30.9 Å². The van der Waals surface area contributed by atoms with Gasteiger partial charge in [0, 0.05) is 17.3 Å². The molecular formula is C17H24N2OS. The van der Waals surface area contributed by atoms with Crippen molar-refractivity contribution in [1.82, 2.24) is 4.90 Å². The smallest absolute Gasteiger partial charge is 0.233 e. The van der Waals surface area contributed by atoms with Gasteiger partial charge in [-0.15, -0.1) is 11.8 Å². The van der Waals surface area contributed by atoms with Crippen LogP contribution in [0.25, 0.3) is 0 Å². The maximum Gasteiger partial charge on any atom is 0.233 e. The maximum atomic E-state index is 12.4. The number of thioether (sulfide) groups is 1. The third-order valence-electron chi connectivity index (χ3n) is 3.01. The average Bonchev–Trinajstić information content (AvgIpc) is 2.41. The van der Waals surface area contributed by atoms with E-state index in [0.717, 1.165) is 5.56 Å². The van der Waals surface area contributed by atoms with E-state index in [1.165, 1.54) is 0 Å². The van der Waals surface area contributed by atoms with Crippen molar-refractivity contribution in [2.75, 3.05) is 5.75 Å². The zero-order valence-electron chi connectivity index (χ0n) is 13.5. The molecule has 0 saturated carbocycles. The van der Waals surface area contributed by atoms with Gasteiger partial charge in [-0.2, -0.15) is 5.26 Å². The molecule has 0 aliphatic carbocycles. The molecule has 0 aliphatic heterocycles. The van der Waals surface area contributed by atoms with E-state index in [-0.39, 0.29) is 16.7 Å². The molecule has 0 radical (unpaired) electrons. The molecule has 0 aliphatic rings. The van der Waals surface area contributed by atoms with Crippen LogP contribution in [-0.2, 0) is 11.3 Å². The molecule has 1 amide bonds. The molecule has 0 heterocycles. The van der Waals surface area contributed by atoms with Crippen LogP contribution >= 0.6 is 11.8 Å². The van der Waals surface area contributed by atoms with Crippen molar-refractivity contribution in [2.24, 2.45) is 0 Å². The highest BCUT2D eigenvalue weighted by atomic mass is 32.2. The molecule has 0 atom stereocenters. The summed E-state index contributed by atoms with van der Waals surface area (Å²) in [5.41, 5.74) is 1.70. The first-order valence-corrected chi connectivity index (χ1v) is 8.14. The minimum atomic E-state index is 0.0900. The van der Waals surface area contributed by atoms with Gasteiger partial charge in [-0.05, 0) is 31.5 Å². The van der Waals surface area contributed by atoms with Gasteiger partial charge < -0.3 is 4.90 Å². The summed E-state index contributed by atoms with van der Waals surface area (Å²) in [5.74, 6) is 0.659. The molecule has 0 bridgehead atoms. The summed E-state index contributed by atoms with van der Waals surface area (Å²) in [6, 6.07) is 9.68. The first kappa shape index (κ1) is 17.6. The monoisotopic (exact) mass is 304 g/mol. The molecular weight excluding hydrogens is 280 g/mol. The summed E-state index contributed by atoms with van der Waals surface area (Å²) in [5, 5.41) is 8.82. The van der Waals surface area contributed by atoms with Gasteiger partial charge in [-0.1, -0.05) is 32.9 Å². The van der Waals surface area contributed by atoms with Gasteiger partial charge in [0.2, 0.25) is 5.91 Å². The van der Waals surface area contributed by atoms with E-state index in [9.17, 15) is 4.79 Å². The van der Waals surface area contributed by atoms with Gasteiger partial charge in [-0.3, -0.25) is 4.79 Å². The van der Waals surface area contributed by atoms with Crippen molar-refractivity contribution in [1.29, 1.82) is 5.26 Å². The second kappa shape index (κ2) is 7.51. The Hall–Kier alpha value is -1.47. The molecule has 1 rings (SSSR count). The first-order valence-electron chi connectivity index (χ1n) is 7.15. The third kappa shape index (κ3) is 6.22. The largest absolute Gasteiger partial charge is 0.335 e. The van der Waals surface area contributed by atoms with Crippen molar-refractivity contribution in [3.8, 4) is 6.07 Å². The van der Waals surface area contributed by atoms with Crippen LogP contribution in [0.3, 0.4) is 0 Å². The summed E-state index contributed by atoms with van der Waals surface area (Å²) in [7, 11) is 0. The lowest BCUT2D eigenvalue weighted by Gasteiger charge is -2.28. The molecule has 0 N–H and O–H groups in total. The van der Waals surface area contributed by atoms with Crippen molar-refractivity contribution >= 4 is 17.7 Å². The van der Waals surface area contributed by atoms with E-state index < -0.39 is 0 Å². The van der Waals surface area contributed by atoms with Crippen LogP contribution in [0.15, 0.2) is 24.3 Å². The number of carbonyl (C=O) groups is 1. The molecule has 21 heavy (non-hydrogen) atoms. The summed E-state index contributed by atoms with van der Waals surface area (Å²) >= 11 is 1.67. The van der Waals surface area contributed by atoms with Crippen LogP contribution < -0.4 is 0 Å². The molecule has 0 unspecified atom stereocenters. The lowest BCUT2D eigenvalue weighted by molar-refractivity contribution is -0.130. The Morgan fingerprint density at radius 1 is 1.29 bits per heavy atom. The molecule has 0 aromatic heterocycles. The molecule has 1 aromatic rings. The standard InChI is InChI=1S/C17H24N2OS/c1-13(2)19(16(20)12-21-17(3,4)5)11-15-8-6-14(10-18)7-9-15/h6-9,13H,11-12H2,1-5H3. The Morgan fingerprint density at radius 2 is 1.86 bits per heavy atom. The van der Waals surface area contributed by atoms with Crippen molar-refractivity contribution < 1.29 is 4.79 Å². The second-order valence-corrected chi connectivity index (χ2v) is 8.13. The van der Waals surface area contributed by atoms with Gasteiger partial charge in [0.25, 0.3) is 0 Å². The van der Waals surface area contributed by atoms with Crippen LogP contribution in [0.4, 0.5) is 0 Å². The van der Waals surface area contributed by atoms with E-state index in [2.05, 4.69) is 26.8 Å². The van der Waals surface area contributed by atoms with E-state index in [1.54, 1.807) is 23.9 Å². The molecule has 1 aromatic carbocycles. The predicted octanol–water partition coefficient (Wildman–Crippen LogP) is 3.83. The molecule has 3 nitrogen and oxygen atoms in total. The number of nitriles is 1. The zero-order chi connectivity index (χ0) is 16.0. The molecule has 0 fully saturated rings. The molecule has 0 spiro atoms. The normalized spacial score (nSPS) is 11.3. The second-order valence-electron chi connectivity index (χ2n) is 6.33. The lowest BCUT2D eigenvalue weighted by Crippen LogP contribution is -2.38. The van der Waals surface area contributed by atoms with Crippen molar-refractivity contribution in [3.63, 3.8) is 0 Å². The number of carbonyl (C=O) groups excluding carboxylic acids is 1. The number of amides is 1. The van der Waals surface area contributed by atoms with Crippen LogP contribution in [0.2, 0.25) is 0 Å². The Morgan fingerprint density at radius 3 is 2.29 bits per heavy atom. The SMILES string of the molecule is CC(C)N(Cc1ccc(C#N)cc1)C(=O)CSC(C)(C)C. The van der Waals surface area contributed by atoms with E-state index in [0.29, 0.717) is 17.9 Å². The minimum Gasteiger partial charge on any atom is -0.335 e. The fourth-order valence-electron chi connectivity index (χ4n) is 1.80. The summed E-state index contributed by atoms with van der Waals surface area (Å²) in [4.78, 5) is 14.3. The van der Waals surface area contributed by atoms with Crippen LogP contribution in [0, 0.1) is 11.3 Å². The van der Waals surface area contributed by atoms with E-state index >= 15 is 0 Å². The fraction of sp³-hybridized carbons (Fsp3) is 0.529. The number of hydrogen-bond donors (Lipinski definition) is 0. The highest BCUT2D eigenvalue weighted by Gasteiger charge is 2.20. The quantitative estimate of drug-likeness (QED) is 0.830. The average molecular weight is 304 g/mol. The Bertz CT molecular complexity index is 509. The highest BCUT2D eigenvalue weighted by molar-refractivity contribution is 8.01. The Kier molecular flexibility index (Phi) is 6.29. The summed E-state index contributed by atoms with van der Waals surface area (Å²) in [6.45, 7) is 11.0. The molecule has 4 heteroatoms. The van der Waals surface area contributed by atoms with Crippen LogP contribution in [0.1, 0.15) is 45.7 Å². The van der Waals surface area contributed by atoms with Crippen molar-refractivity contribution in [3.05, 3.63) is 35.4 Å². The highest BCUT2D eigenvalue weighted by Crippen LogP contribution is 2.24. The predicted molar refractivity (Wildman–Crippen MR) is 89.1 cm³/mol. The Balaban J connectivity index is 2.73. The number of nitrogens with zero attached hydrogens (tertiary/aromatic N) is 2. The molecule has 0 saturated heterocycles. The molecule has 114 valence electrons. The lowest BCUT2D eigenvalue weighted by atomic mass is 10.1. The van der Waals surface area contributed by atoms with Crippen LogP contribution in [0.5, 0.6) is 0 Å². The fourth-order valence-corrected chi connectivity index (χ4v) is 2.52. The van der Waals surface area contributed by atoms with E-state index in [4.69, 9.17) is 5.26 Å². The van der Waals surface area contributed by atoms with Crippen molar-refractivity contribution in [2.45, 2.75) is 52.0 Å². The summed E-state index contributed by atoms with van der Waals surface area (Å²) < 4.78 is 0.0900. The number of hydrogen-bond acceptors (Lipinski definition) is 3. The van der Waals surface area contributed by atoms with Gasteiger partial charge in [-0.25, -0.2) is 0 Å². The van der Waals surface area contributed by atoms with Crippen LogP contribution in [-0.4, -0.2) is 27.3 Å². The summed E-state index contributed by atoms with van der Waals surface area (Å²) in [6.07, 6.45) is 0.